The highest BCUT2D eigenvalue weighted by atomic mass is 32.2. The van der Waals surface area contributed by atoms with Crippen molar-refractivity contribution in [2.75, 3.05) is 30.3 Å². The minimum atomic E-state index is -3.57. The van der Waals surface area contributed by atoms with Gasteiger partial charge in [0.2, 0.25) is 15.9 Å². The molecule has 0 unspecified atom stereocenters. The third-order valence-electron chi connectivity index (χ3n) is 3.87. The summed E-state index contributed by atoms with van der Waals surface area (Å²) in [6, 6.07) is 12.9. The number of sulfonamides is 1. The van der Waals surface area contributed by atoms with Gasteiger partial charge in [0, 0.05) is 0 Å². The lowest BCUT2D eigenvalue weighted by Crippen LogP contribution is -2.41. The van der Waals surface area contributed by atoms with Gasteiger partial charge in [-0.05, 0) is 61.7 Å². The number of ether oxygens (including phenoxy) is 1. The zero-order valence-electron chi connectivity index (χ0n) is 16.2. The molecule has 0 bridgehead atoms. The molecule has 0 aliphatic carbocycles. The Balaban J connectivity index is 1.90. The Morgan fingerprint density at radius 1 is 1.04 bits per heavy atom. The zero-order valence-corrected chi connectivity index (χ0v) is 17.0. The summed E-state index contributed by atoms with van der Waals surface area (Å²) >= 11 is 0. The minimum absolute atomic E-state index is 0.272. The molecular formula is C20H26N2O4S. The number of amides is 1. The summed E-state index contributed by atoms with van der Waals surface area (Å²) in [6.45, 7) is 6.18. The number of aryl methyl sites for hydroxylation is 3. The van der Waals surface area contributed by atoms with Crippen molar-refractivity contribution in [1.82, 2.24) is 5.32 Å². The predicted molar refractivity (Wildman–Crippen MR) is 108 cm³/mol. The SMILES string of the molecule is Cc1cc(C)cc(OCCNC(=O)CN(c2cccc(C)c2)S(C)(=O)=O)c1. The second kappa shape index (κ2) is 8.90. The third kappa shape index (κ3) is 6.60. The van der Waals surface area contributed by atoms with Gasteiger partial charge in [-0.3, -0.25) is 9.10 Å². The molecule has 1 amide bonds. The van der Waals surface area contributed by atoms with Gasteiger partial charge in [0.15, 0.2) is 0 Å². The van der Waals surface area contributed by atoms with Crippen LogP contribution in [-0.2, 0) is 14.8 Å². The van der Waals surface area contributed by atoms with Crippen molar-refractivity contribution < 1.29 is 17.9 Å². The number of hydrogen-bond donors (Lipinski definition) is 1. The monoisotopic (exact) mass is 390 g/mol. The van der Waals surface area contributed by atoms with Crippen molar-refractivity contribution in [3.05, 3.63) is 59.2 Å². The molecule has 2 rings (SSSR count). The van der Waals surface area contributed by atoms with E-state index in [1.54, 1.807) is 18.2 Å². The van der Waals surface area contributed by atoms with Crippen LogP contribution in [0, 0.1) is 20.8 Å². The first kappa shape index (κ1) is 20.8. The Hall–Kier alpha value is -2.54. The average Bonchev–Trinajstić information content (AvgIpc) is 2.54. The molecule has 6 nitrogen and oxygen atoms in total. The Kier molecular flexibility index (Phi) is 6.85. The maximum absolute atomic E-state index is 12.2. The molecule has 0 atom stereocenters. The van der Waals surface area contributed by atoms with Crippen LogP contribution in [0.3, 0.4) is 0 Å². The highest BCUT2D eigenvalue weighted by Crippen LogP contribution is 2.18. The summed E-state index contributed by atoms with van der Waals surface area (Å²) in [5.74, 6) is 0.366. The van der Waals surface area contributed by atoms with Crippen LogP contribution in [0.2, 0.25) is 0 Å². The van der Waals surface area contributed by atoms with Gasteiger partial charge in [-0.15, -0.1) is 0 Å². The van der Waals surface area contributed by atoms with Crippen molar-refractivity contribution in [3.8, 4) is 5.75 Å². The lowest BCUT2D eigenvalue weighted by atomic mass is 10.1. The van der Waals surface area contributed by atoms with E-state index in [0.29, 0.717) is 12.3 Å². The number of anilines is 1. The van der Waals surface area contributed by atoms with Gasteiger partial charge >= 0.3 is 0 Å². The van der Waals surface area contributed by atoms with E-state index in [9.17, 15) is 13.2 Å². The normalized spacial score (nSPS) is 11.1. The van der Waals surface area contributed by atoms with Crippen LogP contribution in [-0.4, -0.2) is 40.3 Å². The second-order valence-corrected chi connectivity index (χ2v) is 8.54. The van der Waals surface area contributed by atoms with Gasteiger partial charge < -0.3 is 10.1 Å². The number of rotatable bonds is 8. The van der Waals surface area contributed by atoms with Gasteiger partial charge in [0.05, 0.1) is 18.5 Å². The predicted octanol–water partition coefficient (Wildman–Crippen LogP) is 2.57. The smallest absolute Gasteiger partial charge is 0.240 e. The quantitative estimate of drug-likeness (QED) is 0.703. The molecule has 146 valence electrons. The molecule has 2 aromatic carbocycles. The Morgan fingerprint density at radius 2 is 1.70 bits per heavy atom. The zero-order chi connectivity index (χ0) is 20.0. The van der Waals surface area contributed by atoms with E-state index in [4.69, 9.17) is 4.74 Å². The number of nitrogens with one attached hydrogen (secondary N) is 1. The molecule has 0 saturated carbocycles. The van der Waals surface area contributed by atoms with E-state index in [0.717, 1.165) is 33.0 Å². The molecular weight excluding hydrogens is 364 g/mol. The van der Waals surface area contributed by atoms with Crippen molar-refractivity contribution in [2.45, 2.75) is 20.8 Å². The van der Waals surface area contributed by atoms with E-state index < -0.39 is 10.0 Å². The first-order valence-electron chi connectivity index (χ1n) is 8.67. The summed E-state index contributed by atoms with van der Waals surface area (Å²) in [5, 5.41) is 2.70. The highest BCUT2D eigenvalue weighted by Gasteiger charge is 2.20. The molecule has 2 aromatic rings. The Morgan fingerprint density at radius 3 is 2.30 bits per heavy atom. The molecule has 0 aliphatic heterocycles. The van der Waals surface area contributed by atoms with Crippen LogP contribution in [0.5, 0.6) is 5.75 Å². The molecule has 0 spiro atoms. The molecule has 0 radical (unpaired) electrons. The molecule has 0 fully saturated rings. The average molecular weight is 391 g/mol. The molecule has 1 N–H and O–H groups in total. The summed E-state index contributed by atoms with van der Waals surface area (Å²) in [4.78, 5) is 12.2. The van der Waals surface area contributed by atoms with E-state index in [2.05, 4.69) is 11.4 Å². The van der Waals surface area contributed by atoms with Crippen molar-refractivity contribution >= 4 is 21.6 Å². The van der Waals surface area contributed by atoms with Crippen LogP contribution in [0.4, 0.5) is 5.69 Å². The van der Waals surface area contributed by atoms with Crippen LogP contribution in [0.25, 0.3) is 0 Å². The van der Waals surface area contributed by atoms with Gasteiger partial charge in [0.25, 0.3) is 0 Å². The molecule has 0 saturated heterocycles. The molecule has 7 heteroatoms. The number of carbonyl (C=O) groups is 1. The number of hydrogen-bond acceptors (Lipinski definition) is 4. The molecule has 27 heavy (non-hydrogen) atoms. The van der Waals surface area contributed by atoms with Crippen molar-refractivity contribution in [1.29, 1.82) is 0 Å². The Bertz CT molecular complexity index is 890. The number of benzene rings is 2. The molecule has 0 heterocycles. The van der Waals surface area contributed by atoms with Gasteiger partial charge in [-0.2, -0.15) is 0 Å². The topological polar surface area (TPSA) is 75.7 Å². The van der Waals surface area contributed by atoms with Crippen molar-refractivity contribution in [2.24, 2.45) is 0 Å². The Labute approximate surface area is 161 Å². The van der Waals surface area contributed by atoms with Gasteiger partial charge in [-0.1, -0.05) is 18.2 Å². The van der Waals surface area contributed by atoms with Crippen LogP contribution in [0.1, 0.15) is 16.7 Å². The van der Waals surface area contributed by atoms with E-state index in [1.807, 2.05) is 39.0 Å². The van der Waals surface area contributed by atoms with Crippen molar-refractivity contribution in [3.63, 3.8) is 0 Å². The summed E-state index contributed by atoms with van der Waals surface area (Å²) in [6.07, 6.45) is 1.09. The summed E-state index contributed by atoms with van der Waals surface area (Å²) in [7, 11) is -3.57. The molecule has 0 aliphatic rings. The highest BCUT2D eigenvalue weighted by molar-refractivity contribution is 7.92. The second-order valence-electron chi connectivity index (χ2n) is 6.63. The number of carbonyl (C=O) groups excluding carboxylic acids is 1. The van der Waals surface area contributed by atoms with E-state index in [-0.39, 0.29) is 19.0 Å². The van der Waals surface area contributed by atoms with E-state index >= 15 is 0 Å². The van der Waals surface area contributed by atoms with E-state index in [1.165, 1.54) is 0 Å². The fourth-order valence-electron chi connectivity index (χ4n) is 2.75. The van der Waals surface area contributed by atoms with Crippen LogP contribution in [0.15, 0.2) is 42.5 Å². The van der Waals surface area contributed by atoms with Gasteiger partial charge in [-0.25, -0.2) is 8.42 Å². The maximum Gasteiger partial charge on any atom is 0.240 e. The fourth-order valence-corrected chi connectivity index (χ4v) is 3.59. The first-order valence-corrected chi connectivity index (χ1v) is 10.5. The fraction of sp³-hybridized carbons (Fsp3) is 0.350. The molecule has 0 aromatic heterocycles. The maximum atomic E-state index is 12.2. The minimum Gasteiger partial charge on any atom is -0.492 e. The largest absolute Gasteiger partial charge is 0.492 e. The lowest BCUT2D eigenvalue weighted by molar-refractivity contribution is -0.119. The third-order valence-corrected chi connectivity index (χ3v) is 5.01. The lowest BCUT2D eigenvalue weighted by Gasteiger charge is -2.22. The number of nitrogens with zero attached hydrogens (tertiary/aromatic N) is 1. The van der Waals surface area contributed by atoms with Crippen LogP contribution >= 0.6 is 0 Å². The summed E-state index contributed by atoms with van der Waals surface area (Å²) in [5.41, 5.74) is 3.61. The summed E-state index contributed by atoms with van der Waals surface area (Å²) < 4.78 is 30.9. The first-order chi connectivity index (χ1) is 12.6. The van der Waals surface area contributed by atoms with Crippen LogP contribution < -0.4 is 14.4 Å². The van der Waals surface area contributed by atoms with Gasteiger partial charge in [0.1, 0.15) is 18.9 Å². The standard InChI is InChI=1S/C20H26N2O4S/c1-15-6-5-7-18(11-15)22(27(4,24)25)14-20(23)21-8-9-26-19-12-16(2)10-17(3)13-19/h5-7,10-13H,8-9,14H2,1-4H3,(H,21,23).